The van der Waals surface area contributed by atoms with Crippen LogP contribution < -0.4 is 0 Å². The smallest absolute Gasteiger partial charge is 0.240 e. The molecule has 0 bridgehead atoms. The van der Waals surface area contributed by atoms with Crippen LogP contribution in [0.5, 0.6) is 0 Å². The first-order chi connectivity index (χ1) is 9.24. The van der Waals surface area contributed by atoms with Gasteiger partial charge in [0.2, 0.25) is 12.1 Å². The van der Waals surface area contributed by atoms with Gasteiger partial charge in [0.25, 0.3) is 0 Å². The summed E-state index contributed by atoms with van der Waals surface area (Å²) in [6.45, 7) is 0. The molecule has 5 heteroatoms. The topological polar surface area (TPSA) is 37.7 Å². The van der Waals surface area contributed by atoms with Crippen LogP contribution in [-0.4, -0.2) is 22.9 Å². The van der Waals surface area contributed by atoms with Crippen molar-refractivity contribution in [2.24, 2.45) is 5.10 Å². The molecule has 3 rings (SSSR count). The van der Waals surface area contributed by atoms with E-state index in [4.69, 9.17) is 16.3 Å². The Hall–Kier alpha value is -2.07. The molecule has 1 aliphatic rings. The molecule has 0 amide bonds. The van der Waals surface area contributed by atoms with Crippen LogP contribution in [0.25, 0.3) is 0 Å². The first-order valence-corrected chi connectivity index (χ1v) is 6.26. The summed E-state index contributed by atoms with van der Waals surface area (Å²) in [4.78, 5) is 3.98. The van der Waals surface area contributed by atoms with Crippen LogP contribution in [0.4, 0.5) is 0 Å². The van der Waals surface area contributed by atoms with Crippen molar-refractivity contribution in [2.45, 2.75) is 6.23 Å². The van der Waals surface area contributed by atoms with Crippen LogP contribution in [-0.2, 0) is 4.74 Å². The molecule has 2 aromatic rings. The van der Waals surface area contributed by atoms with Gasteiger partial charge in [0.15, 0.2) is 0 Å². The maximum Gasteiger partial charge on any atom is 0.240 e. The average molecular weight is 274 g/mol. The lowest BCUT2D eigenvalue weighted by atomic mass is 10.2. The molecule has 0 saturated carbocycles. The molecular weight excluding hydrogens is 262 g/mol. The zero-order chi connectivity index (χ0) is 13.2. The van der Waals surface area contributed by atoms with Crippen molar-refractivity contribution in [3.63, 3.8) is 0 Å². The second-order valence-electron chi connectivity index (χ2n) is 4.24. The van der Waals surface area contributed by atoms with Crippen LogP contribution in [0, 0.1) is 0 Å². The lowest BCUT2D eigenvalue weighted by Crippen LogP contribution is -2.15. The maximum absolute atomic E-state index is 6.00. The zero-order valence-electron chi connectivity index (χ0n) is 10.3. The van der Waals surface area contributed by atoms with Gasteiger partial charge in [0.1, 0.15) is 0 Å². The highest BCUT2D eigenvalue weighted by atomic mass is 35.5. The first-order valence-electron chi connectivity index (χ1n) is 5.88. The van der Waals surface area contributed by atoms with E-state index < -0.39 is 0 Å². The second kappa shape index (κ2) is 4.90. The van der Waals surface area contributed by atoms with E-state index in [0.717, 1.165) is 11.1 Å². The fourth-order valence-electron chi connectivity index (χ4n) is 1.97. The molecule has 1 aromatic carbocycles. The van der Waals surface area contributed by atoms with Crippen molar-refractivity contribution in [3.8, 4) is 0 Å². The zero-order valence-corrected chi connectivity index (χ0v) is 11.1. The fourth-order valence-corrected chi connectivity index (χ4v) is 2.16. The summed E-state index contributed by atoms with van der Waals surface area (Å²) in [5.41, 5.74) is 1.88. The second-order valence-corrected chi connectivity index (χ2v) is 4.68. The number of ether oxygens (including phenoxy) is 1. The number of benzene rings is 1. The molecule has 1 aliphatic heterocycles. The van der Waals surface area contributed by atoms with Crippen LogP contribution in [0.3, 0.4) is 0 Å². The van der Waals surface area contributed by atoms with Gasteiger partial charge in [-0.15, -0.1) is 5.10 Å². The minimum absolute atomic E-state index is 0.248. The summed E-state index contributed by atoms with van der Waals surface area (Å²) in [6.07, 6.45) is 3.18. The van der Waals surface area contributed by atoms with Gasteiger partial charge in [-0.2, -0.15) is 0 Å². The van der Waals surface area contributed by atoms with Gasteiger partial charge in [-0.3, -0.25) is 9.99 Å². The minimum Gasteiger partial charge on any atom is -0.446 e. The highest BCUT2D eigenvalue weighted by Crippen LogP contribution is 2.29. The molecular formula is C14H12ClN3O. The van der Waals surface area contributed by atoms with E-state index in [1.54, 1.807) is 17.4 Å². The predicted molar refractivity (Wildman–Crippen MR) is 73.8 cm³/mol. The minimum atomic E-state index is -0.248. The lowest BCUT2D eigenvalue weighted by Gasteiger charge is -2.18. The molecule has 1 unspecified atom stereocenters. The van der Waals surface area contributed by atoms with Gasteiger partial charge in [-0.1, -0.05) is 23.7 Å². The number of hydrazone groups is 1. The van der Waals surface area contributed by atoms with E-state index in [9.17, 15) is 0 Å². The highest BCUT2D eigenvalue weighted by molar-refractivity contribution is 6.30. The largest absolute Gasteiger partial charge is 0.446 e. The monoisotopic (exact) mass is 273 g/mol. The molecule has 19 heavy (non-hydrogen) atoms. The predicted octanol–water partition coefficient (Wildman–Crippen LogP) is 3.06. The Labute approximate surface area is 116 Å². The summed E-state index contributed by atoms with van der Waals surface area (Å²) >= 11 is 6.00. The lowest BCUT2D eigenvalue weighted by molar-refractivity contribution is 0.0779. The van der Waals surface area contributed by atoms with Gasteiger partial charge in [-0.05, 0) is 24.3 Å². The molecule has 4 nitrogen and oxygen atoms in total. The molecule has 0 aliphatic carbocycles. The number of nitrogens with zero attached hydrogens (tertiary/aromatic N) is 3. The molecule has 96 valence electrons. The van der Waals surface area contributed by atoms with Crippen molar-refractivity contribution < 1.29 is 4.74 Å². The quantitative estimate of drug-likeness (QED) is 0.844. The molecule has 0 N–H and O–H groups in total. The van der Waals surface area contributed by atoms with Gasteiger partial charge < -0.3 is 4.74 Å². The SMILES string of the molecule is CN1N=C(c2ccncc2)OC1c1cccc(Cl)c1. The van der Waals surface area contributed by atoms with E-state index in [0.29, 0.717) is 10.9 Å². The van der Waals surface area contributed by atoms with Gasteiger partial charge in [-0.25, -0.2) is 0 Å². The van der Waals surface area contributed by atoms with Crippen LogP contribution >= 0.6 is 11.6 Å². The van der Waals surface area contributed by atoms with E-state index in [2.05, 4.69) is 10.1 Å². The number of hydrogen-bond acceptors (Lipinski definition) is 4. The van der Waals surface area contributed by atoms with Crippen LogP contribution in [0.2, 0.25) is 5.02 Å². The van der Waals surface area contributed by atoms with Gasteiger partial charge in [0.05, 0.1) is 0 Å². The fraction of sp³-hybridized carbons (Fsp3) is 0.143. The summed E-state index contributed by atoms with van der Waals surface area (Å²) < 4.78 is 5.89. The summed E-state index contributed by atoms with van der Waals surface area (Å²) in [5.74, 6) is 0.592. The Morgan fingerprint density at radius 3 is 2.74 bits per heavy atom. The number of hydrogen-bond donors (Lipinski definition) is 0. The van der Waals surface area contributed by atoms with Crippen molar-refractivity contribution in [2.75, 3.05) is 7.05 Å². The number of aromatic nitrogens is 1. The maximum atomic E-state index is 6.00. The third kappa shape index (κ3) is 2.39. The van der Waals surface area contributed by atoms with Crippen molar-refractivity contribution >= 4 is 17.5 Å². The molecule has 0 spiro atoms. The van der Waals surface area contributed by atoms with Crippen molar-refractivity contribution in [1.82, 2.24) is 9.99 Å². The van der Waals surface area contributed by atoms with Crippen molar-refractivity contribution in [3.05, 3.63) is 64.9 Å². The Morgan fingerprint density at radius 1 is 1.21 bits per heavy atom. The third-order valence-electron chi connectivity index (χ3n) is 2.87. The molecule has 2 heterocycles. The van der Waals surface area contributed by atoms with Gasteiger partial charge >= 0.3 is 0 Å². The van der Waals surface area contributed by atoms with Crippen LogP contribution in [0.15, 0.2) is 53.9 Å². The Bertz CT molecular complexity index is 615. The summed E-state index contributed by atoms with van der Waals surface area (Å²) in [5, 5.41) is 6.87. The Balaban J connectivity index is 1.86. The third-order valence-corrected chi connectivity index (χ3v) is 3.11. The summed E-state index contributed by atoms with van der Waals surface area (Å²) in [6, 6.07) is 11.3. The molecule has 1 aromatic heterocycles. The van der Waals surface area contributed by atoms with Crippen LogP contribution in [0.1, 0.15) is 17.4 Å². The number of pyridine rings is 1. The molecule has 0 fully saturated rings. The van der Waals surface area contributed by atoms with Crippen molar-refractivity contribution in [1.29, 1.82) is 0 Å². The van der Waals surface area contributed by atoms with Gasteiger partial charge in [0, 0.05) is 35.6 Å². The average Bonchev–Trinajstić information content (AvgIpc) is 2.82. The molecule has 0 radical (unpaired) electrons. The Kier molecular flexibility index (Phi) is 3.09. The van der Waals surface area contributed by atoms with E-state index in [-0.39, 0.29) is 6.23 Å². The highest BCUT2D eigenvalue weighted by Gasteiger charge is 2.27. The van der Waals surface area contributed by atoms with E-state index in [1.807, 2.05) is 43.4 Å². The Morgan fingerprint density at radius 2 is 2.00 bits per heavy atom. The molecule has 0 saturated heterocycles. The normalized spacial score (nSPS) is 18.1. The number of rotatable bonds is 2. The van der Waals surface area contributed by atoms with E-state index in [1.165, 1.54) is 0 Å². The van der Waals surface area contributed by atoms with E-state index >= 15 is 0 Å². The first kappa shape index (κ1) is 12.0. The standard InChI is InChI=1S/C14H12ClN3O/c1-18-14(11-3-2-4-12(15)9-11)19-13(17-18)10-5-7-16-8-6-10/h2-9,14H,1H3. The summed E-state index contributed by atoms with van der Waals surface area (Å²) in [7, 11) is 1.87. The molecule has 1 atom stereocenters. The number of halogens is 1.